The molecule has 2 aromatic rings. The third kappa shape index (κ3) is 4.29. The average molecular weight is 365 g/mol. The Hall–Kier alpha value is -2.01. The fourth-order valence-electron chi connectivity index (χ4n) is 2.27. The van der Waals surface area contributed by atoms with Crippen LogP contribution in [0, 0.1) is 12.3 Å². The van der Waals surface area contributed by atoms with Gasteiger partial charge in [0.1, 0.15) is 27.9 Å². The van der Waals surface area contributed by atoms with Crippen LogP contribution in [0.5, 0.6) is 11.5 Å². The van der Waals surface area contributed by atoms with Crippen LogP contribution in [0.1, 0.15) is 17.2 Å². The highest BCUT2D eigenvalue weighted by Gasteiger charge is 2.22. The Balaban J connectivity index is 2.31. The zero-order valence-corrected chi connectivity index (χ0v) is 14.8. The molecule has 1 atom stereocenters. The lowest BCUT2D eigenvalue weighted by Gasteiger charge is -2.18. The van der Waals surface area contributed by atoms with Gasteiger partial charge in [0.25, 0.3) is 0 Å². The van der Waals surface area contributed by atoms with Gasteiger partial charge in [-0.15, -0.1) is 0 Å². The molecule has 0 radical (unpaired) electrons. The van der Waals surface area contributed by atoms with E-state index < -0.39 is 6.10 Å². The van der Waals surface area contributed by atoms with Gasteiger partial charge in [0.2, 0.25) is 0 Å². The van der Waals surface area contributed by atoms with Crippen molar-refractivity contribution in [3.8, 4) is 11.5 Å². The van der Waals surface area contributed by atoms with E-state index in [9.17, 15) is 5.11 Å². The van der Waals surface area contributed by atoms with E-state index in [1.54, 1.807) is 19.2 Å². The molecule has 0 aliphatic carbocycles. The number of rotatable bonds is 6. The number of hydrogen-bond donors (Lipinski definition) is 3. The molecule has 0 saturated carbocycles. The Morgan fingerprint density at radius 3 is 2.33 bits per heavy atom. The van der Waals surface area contributed by atoms with Crippen molar-refractivity contribution < 1.29 is 9.84 Å². The van der Waals surface area contributed by atoms with E-state index in [1.165, 1.54) is 0 Å². The highest BCUT2D eigenvalue weighted by atomic mass is 35.5. The van der Waals surface area contributed by atoms with Crippen LogP contribution in [0.4, 0.5) is 0 Å². The summed E-state index contributed by atoms with van der Waals surface area (Å²) < 4.78 is 5.77. The van der Waals surface area contributed by atoms with Gasteiger partial charge >= 0.3 is 0 Å². The van der Waals surface area contributed by atoms with Gasteiger partial charge in [-0.2, -0.15) is 0 Å². The quantitative estimate of drug-likeness (QED) is 0.513. The number of hydrogen-bond acceptors (Lipinski definition) is 4. The molecule has 4 nitrogen and oxygen atoms in total. The maximum atomic E-state index is 10.6. The minimum atomic E-state index is -1.11. The third-order valence-corrected chi connectivity index (χ3v) is 4.08. The van der Waals surface area contributed by atoms with Crippen LogP contribution in [0.2, 0.25) is 0 Å². The van der Waals surface area contributed by atoms with Crippen LogP contribution in [0.3, 0.4) is 0 Å². The van der Waals surface area contributed by atoms with Crippen LogP contribution in [0.25, 0.3) is 0 Å². The van der Waals surface area contributed by atoms with Gasteiger partial charge < -0.3 is 15.2 Å². The predicted molar refractivity (Wildman–Crippen MR) is 98.2 cm³/mol. The molecule has 0 fully saturated rings. The average Bonchev–Trinajstić information content (AvgIpc) is 2.55. The van der Waals surface area contributed by atoms with Crippen molar-refractivity contribution in [3.63, 3.8) is 0 Å². The number of nitrogens with one attached hydrogen (secondary N) is 2. The van der Waals surface area contributed by atoms with E-state index in [4.69, 9.17) is 33.3 Å². The second-order valence-electron chi connectivity index (χ2n) is 5.13. The first kappa shape index (κ1) is 18.3. The number of benzene rings is 2. The Labute approximate surface area is 151 Å². The molecule has 2 rings (SSSR count). The Bertz CT molecular complexity index is 761. The Morgan fingerprint density at radius 1 is 1.12 bits per heavy atom. The summed E-state index contributed by atoms with van der Waals surface area (Å²) in [5.74, 6) is 1.38. The van der Waals surface area contributed by atoms with E-state index >= 15 is 0 Å². The number of aryl methyl sites for hydroxylation is 1. The number of halogens is 2. The molecule has 0 aliphatic heterocycles. The second kappa shape index (κ2) is 8.20. The van der Waals surface area contributed by atoms with E-state index in [2.05, 4.69) is 5.32 Å². The second-order valence-corrected chi connectivity index (χ2v) is 5.88. The summed E-state index contributed by atoms with van der Waals surface area (Å²) in [6.07, 6.45) is -1.11. The van der Waals surface area contributed by atoms with Gasteiger partial charge in [-0.1, -0.05) is 47.5 Å². The van der Waals surface area contributed by atoms with Gasteiger partial charge in [0, 0.05) is 7.05 Å². The summed E-state index contributed by atoms with van der Waals surface area (Å²) >= 11 is 11.8. The third-order valence-electron chi connectivity index (χ3n) is 3.48. The van der Waals surface area contributed by atoms with Gasteiger partial charge in [0.15, 0.2) is 0 Å². The monoisotopic (exact) mass is 364 g/mol. The molecule has 0 aromatic heterocycles. The lowest BCUT2D eigenvalue weighted by atomic mass is 9.98. The molecule has 0 amide bonds. The fourth-order valence-corrected chi connectivity index (χ4v) is 2.71. The molecule has 24 heavy (non-hydrogen) atoms. The summed E-state index contributed by atoms with van der Waals surface area (Å²) in [7, 11) is 1.60. The van der Waals surface area contributed by atoms with Gasteiger partial charge in [-0.3, -0.25) is 5.41 Å². The molecule has 126 valence electrons. The summed E-state index contributed by atoms with van der Waals surface area (Å²) in [6.45, 7) is 1.85. The summed E-state index contributed by atoms with van der Waals surface area (Å²) in [6, 6.07) is 14.7. The highest BCUT2D eigenvalue weighted by molar-refractivity contribution is 6.69. The summed E-state index contributed by atoms with van der Waals surface area (Å²) in [5.41, 5.74) is 1.52. The maximum absolute atomic E-state index is 10.6. The largest absolute Gasteiger partial charge is 0.457 e. The number of aliphatic hydroxyl groups excluding tert-OH is 1. The summed E-state index contributed by atoms with van der Waals surface area (Å²) in [4.78, 5) is 0. The van der Waals surface area contributed by atoms with Crippen molar-refractivity contribution in [3.05, 3.63) is 70.4 Å². The number of para-hydroxylation sites is 1. The first-order valence-corrected chi connectivity index (χ1v) is 8.03. The minimum absolute atomic E-state index is 0.126. The zero-order chi connectivity index (χ0) is 17.7. The summed E-state index contributed by atoms with van der Waals surface area (Å²) in [5, 5.41) is 20.7. The van der Waals surface area contributed by atoms with E-state index in [0.717, 1.165) is 11.3 Å². The molecular formula is C18H18Cl2N2O2. The van der Waals surface area contributed by atoms with Crippen LogP contribution < -0.4 is 10.1 Å². The molecule has 0 aliphatic rings. The standard InChI is InChI=1S/C18H18Cl2N2O2/c1-11-10-13(24-12-6-4-3-5-7-12)8-9-14(11)16(23)15(17(19)21)18(20)22-2/h3-10,16,21-23H,1-2H3/b18-15-,21-17?. The SMILES string of the molecule is CN/C(Cl)=C(\C(=N)Cl)C(O)c1ccc(Oc2ccccc2)cc1C. The van der Waals surface area contributed by atoms with Crippen LogP contribution in [-0.2, 0) is 0 Å². The highest BCUT2D eigenvalue weighted by Crippen LogP contribution is 2.32. The molecule has 0 heterocycles. The lowest BCUT2D eigenvalue weighted by Crippen LogP contribution is -2.15. The van der Waals surface area contributed by atoms with Crippen molar-refractivity contribution in [1.82, 2.24) is 5.32 Å². The Kier molecular flexibility index (Phi) is 6.26. The molecular weight excluding hydrogens is 347 g/mol. The first-order valence-electron chi connectivity index (χ1n) is 7.27. The molecule has 1 unspecified atom stereocenters. The van der Waals surface area contributed by atoms with Crippen molar-refractivity contribution in [2.75, 3.05) is 7.05 Å². The van der Waals surface area contributed by atoms with Gasteiger partial charge in [-0.25, -0.2) is 0 Å². The lowest BCUT2D eigenvalue weighted by molar-refractivity contribution is 0.220. The van der Waals surface area contributed by atoms with Crippen molar-refractivity contribution >= 4 is 28.4 Å². The number of aliphatic hydroxyl groups is 1. The van der Waals surface area contributed by atoms with E-state index in [1.807, 2.05) is 43.3 Å². The molecule has 0 saturated heterocycles. The molecule has 2 aromatic carbocycles. The molecule has 0 bridgehead atoms. The van der Waals surface area contributed by atoms with Crippen molar-refractivity contribution in [2.24, 2.45) is 0 Å². The smallest absolute Gasteiger partial charge is 0.129 e. The molecule has 6 heteroatoms. The normalized spacial score (nSPS) is 13.0. The van der Waals surface area contributed by atoms with Crippen molar-refractivity contribution in [1.29, 1.82) is 5.41 Å². The van der Waals surface area contributed by atoms with Crippen LogP contribution >= 0.6 is 23.2 Å². The molecule has 0 spiro atoms. The predicted octanol–water partition coefficient (Wildman–Crippen LogP) is 4.71. The van der Waals surface area contributed by atoms with Gasteiger partial charge in [0.05, 0.1) is 5.57 Å². The van der Waals surface area contributed by atoms with Crippen LogP contribution in [0.15, 0.2) is 59.3 Å². The van der Waals surface area contributed by atoms with E-state index in [-0.39, 0.29) is 15.9 Å². The van der Waals surface area contributed by atoms with Crippen LogP contribution in [-0.4, -0.2) is 17.3 Å². The maximum Gasteiger partial charge on any atom is 0.129 e. The topological polar surface area (TPSA) is 65.3 Å². The first-order chi connectivity index (χ1) is 11.4. The fraction of sp³-hybridized carbons (Fsp3) is 0.167. The van der Waals surface area contributed by atoms with Crippen molar-refractivity contribution in [2.45, 2.75) is 13.0 Å². The van der Waals surface area contributed by atoms with Gasteiger partial charge in [-0.05, 0) is 42.3 Å². The number of ether oxygens (including phenoxy) is 1. The zero-order valence-electron chi connectivity index (χ0n) is 13.3. The minimum Gasteiger partial charge on any atom is -0.457 e. The van der Waals surface area contributed by atoms with E-state index in [0.29, 0.717) is 11.3 Å². The molecule has 3 N–H and O–H groups in total. The Morgan fingerprint density at radius 2 is 1.79 bits per heavy atom.